The Morgan fingerprint density at radius 2 is 1.24 bits per heavy atom. The first-order valence-corrected chi connectivity index (χ1v) is 20.7. The molecule has 2 aromatic carbocycles. The standard InChI is InChI=1S/C44H66N6O5/c45-38-15-3-1-2-11-34(31-40(47)17-8-7-16-39(46)19-10-18-38)32-49-43(52)25-27-54-29-30-55-28-26-48-42(51)23-24-44(53)50-33-37-14-5-4-12-35(37)21-22-36-13-6-9-20-41(36)50/h4-6,9,12-14,20,34,38-40H,1-3,7-8,10-11,15-19,23-33,45-47H2,(H,48,51)(H,49,52). The van der Waals surface area contributed by atoms with Crippen LogP contribution in [0.5, 0.6) is 0 Å². The van der Waals surface area contributed by atoms with Crippen LogP contribution in [0.25, 0.3) is 0 Å². The van der Waals surface area contributed by atoms with E-state index in [1.807, 2.05) is 48.5 Å². The van der Waals surface area contributed by atoms with Crippen molar-refractivity contribution in [1.29, 1.82) is 0 Å². The molecular weight excluding hydrogens is 693 g/mol. The monoisotopic (exact) mass is 759 g/mol. The van der Waals surface area contributed by atoms with Gasteiger partial charge in [0.25, 0.3) is 0 Å². The van der Waals surface area contributed by atoms with Crippen LogP contribution in [0.4, 0.5) is 5.69 Å². The zero-order valence-corrected chi connectivity index (χ0v) is 32.9. The van der Waals surface area contributed by atoms with Crippen LogP contribution in [0, 0.1) is 17.8 Å². The molecule has 4 rings (SSSR count). The Labute approximate surface area is 329 Å². The molecule has 2 aromatic rings. The van der Waals surface area contributed by atoms with Crippen molar-refractivity contribution in [2.45, 2.75) is 127 Å². The van der Waals surface area contributed by atoms with Gasteiger partial charge in [0.15, 0.2) is 0 Å². The lowest BCUT2D eigenvalue weighted by atomic mass is 9.91. The number of nitrogens with two attached hydrogens (primary N) is 3. The van der Waals surface area contributed by atoms with E-state index in [1.54, 1.807) is 4.90 Å². The minimum Gasteiger partial charge on any atom is -0.379 e. The van der Waals surface area contributed by atoms with Gasteiger partial charge in [-0.1, -0.05) is 80.7 Å². The van der Waals surface area contributed by atoms with Crippen LogP contribution in [0.1, 0.15) is 119 Å². The molecule has 1 saturated carbocycles. The zero-order valence-electron chi connectivity index (χ0n) is 32.9. The fraction of sp³-hybridized carbons (Fsp3) is 0.614. The summed E-state index contributed by atoms with van der Waals surface area (Å²) in [6.45, 7) is 2.70. The number of nitrogens with one attached hydrogen (secondary N) is 2. The molecule has 1 aliphatic heterocycles. The van der Waals surface area contributed by atoms with Crippen molar-refractivity contribution in [3.05, 3.63) is 65.2 Å². The smallest absolute Gasteiger partial charge is 0.227 e. The van der Waals surface area contributed by atoms with Crippen LogP contribution >= 0.6 is 0 Å². The molecule has 1 aliphatic carbocycles. The van der Waals surface area contributed by atoms with E-state index in [-0.39, 0.29) is 55.1 Å². The maximum atomic E-state index is 13.4. The van der Waals surface area contributed by atoms with Gasteiger partial charge in [-0.25, -0.2) is 0 Å². The van der Waals surface area contributed by atoms with Crippen molar-refractivity contribution in [2.75, 3.05) is 44.4 Å². The predicted molar refractivity (Wildman–Crippen MR) is 219 cm³/mol. The molecule has 11 nitrogen and oxygen atoms in total. The summed E-state index contributed by atoms with van der Waals surface area (Å²) in [4.78, 5) is 40.2. The summed E-state index contributed by atoms with van der Waals surface area (Å²) in [6.07, 6.45) is 14.3. The maximum absolute atomic E-state index is 13.4. The van der Waals surface area contributed by atoms with Crippen LogP contribution in [-0.4, -0.2) is 75.4 Å². The molecule has 2 aliphatic rings. The predicted octanol–water partition coefficient (Wildman–Crippen LogP) is 5.05. The zero-order chi connectivity index (χ0) is 39.1. The van der Waals surface area contributed by atoms with Gasteiger partial charge in [0.05, 0.1) is 38.7 Å². The van der Waals surface area contributed by atoms with Gasteiger partial charge in [-0.3, -0.25) is 14.4 Å². The topological polar surface area (TPSA) is 175 Å². The van der Waals surface area contributed by atoms with Crippen molar-refractivity contribution >= 4 is 23.4 Å². The number of benzene rings is 2. The molecular formula is C44H66N6O5. The van der Waals surface area contributed by atoms with E-state index in [2.05, 4.69) is 22.5 Å². The van der Waals surface area contributed by atoms with Gasteiger partial charge in [-0.2, -0.15) is 0 Å². The fourth-order valence-electron chi connectivity index (χ4n) is 7.36. The van der Waals surface area contributed by atoms with Crippen LogP contribution in [0.3, 0.4) is 0 Å². The van der Waals surface area contributed by atoms with E-state index >= 15 is 0 Å². The first-order chi connectivity index (χ1) is 26.8. The lowest BCUT2D eigenvalue weighted by Gasteiger charge is -2.26. The number of fused-ring (bicyclic) bond motifs is 2. The number of hydrogen-bond acceptors (Lipinski definition) is 8. The number of nitrogens with zero attached hydrogens (tertiary/aromatic N) is 1. The van der Waals surface area contributed by atoms with Crippen molar-refractivity contribution in [2.24, 2.45) is 23.1 Å². The lowest BCUT2D eigenvalue weighted by molar-refractivity contribution is -0.125. The second-order valence-electron chi connectivity index (χ2n) is 15.3. The number of amides is 3. The molecule has 3 amide bonds. The molecule has 4 atom stereocenters. The van der Waals surface area contributed by atoms with Gasteiger partial charge in [-0.15, -0.1) is 0 Å². The third-order valence-corrected chi connectivity index (χ3v) is 10.6. The highest BCUT2D eigenvalue weighted by Gasteiger charge is 2.22. The largest absolute Gasteiger partial charge is 0.379 e. The summed E-state index contributed by atoms with van der Waals surface area (Å²) < 4.78 is 11.2. The van der Waals surface area contributed by atoms with E-state index in [0.717, 1.165) is 106 Å². The van der Waals surface area contributed by atoms with E-state index in [4.69, 9.17) is 26.7 Å². The van der Waals surface area contributed by atoms with Crippen molar-refractivity contribution in [3.63, 3.8) is 0 Å². The highest BCUT2D eigenvalue weighted by Crippen LogP contribution is 2.26. The molecule has 0 bridgehead atoms. The Bertz CT molecular complexity index is 1530. The van der Waals surface area contributed by atoms with Gasteiger partial charge >= 0.3 is 0 Å². The molecule has 11 heteroatoms. The fourth-order valence-corrected chi connectivity index (χ4v) is 7.36. The summed E-state index contributed by atoms with van der Waals surface area (Å²) in [7, 11) is 0. The van der Waals surface area contributed by atoms with Gasteiger partial charge in [-0.05, 0) is 74.6 Å². The quantitative estimate of drug-likeness (QED) is 0.131. The molecule has 0 aromatic heterocycles. The molecule has 4 unspecified atom stereocenters. The Morgan fingerprint density at radius 3 is 2.02 bits per heavy atom. The highest BCUT2D eigenvalue weighted by atomic mass is 16.5. The van der Waals surface area contributed by atoms with Crippen LogP contribution < -0.4 is 32.7 Å². The average molecular weight is 759 g/mol. The minimum absolute atomic E-state index is 0.0203. The van der Waals surface area contributed by atoms with Gasteiger partial charge in [0.1, 0.15) is 0 Å². The summed E-state index contributed by atoms with van der Waals surface area (Å²) in [5, 5.41) is 5.94. The maximum Gasteiger partial charge on any atom is 0.227 e. The van der Waals surface area contributed by atoms with E-state index in [0.29, 0.717) is 52.0 Å². The number of ether oxygens (including phenoxy) is 2. The number of carbonyl (C=O) groups is 3. The molecule has 55 heavy (non-hydrogen) atoms. The second kappa shape index (κ2) is 25.4. The SMILES string of the molecule is NC1CCCCCC(CNC(=O)CCOCCOCCNC(=O)CCC(=O)N2Cc3ccccc3C#Cc3ccccc32)CC(N)CCCCC(N)CCC1. The van der Waals surface area contributed by atoms with E-state index < -0.39 is 0 Å². The van der Waals surface area contributed by atoms with Gasteiger partial charge in [0.2, 0.25) is 17.7 Å². The number of para-hydroxylation sites is 1. The Balaban J connectivity index is 1.05. The van der Waals surface area contributed by atoms with E-state index in [1.165, 1.54) is 0 Å². The Hall–Kier alpha value is -3.79. The molecule has 8 N–H and O–H groups in total. The minimum atomic E-state index is -0.208. The second-order valence-corrected chi connectivity index (χ2v) is 15.3. The first kappa shape index (κ1) is 43.9. The summed E-state index contributed by atoms with van der Waals surface area (Å²) in [5.74, 6) is 6.41. The molecule has 1 heterocycles. The van der Waals surface area contributed by atoms with Crippen molar-refractivity contribution in [3.8, 4) is 11.8 Å². The third-order valence-electron chi connectivity index (χ3n) is 10.6. The van der Waals surface area contributed by atoms with Gasteiger partial charge < -0.3 is 42.2 Å². The van der Waals surface area contributed by atoms with Crippen molar-refractivity contribution < 1.29 is 23.9 Å². The average Bonchev–Trinajstić information content (AvgIpc) is 3.17. The van der Waals surface area contributed by atoms with Crippen molar-refractivity contribution in [1.82, 2.24) is 10.6 Å². The van der Waals surface area contributed by atoms with Gasteiger partial charge in [0, 0.05) is 61.6 Å². The molecule has 0 saturated heterocycles. The van der Waals surface area contributed by atoms with E-state index in [9.17, 15) is 14.4 Å². The number of rotatable bonds is 14. The van der Waals surface area contributed by atoms with Crippen LogP contribution in [-0.2, 0) is 30.4 Å². The molecule has 0 radical (unpaired) electrons. The number of anilines is 1. The van der Waals surface area contributed by atoms with Crippen LogP contribution in [0.2, 0.25) is 0 Å². The Morgan fingerprint density at radius 1 is 0.636 bits per heavy atom. The first-order valence-electron chi connectivity index (χ1n) is 20.7. The highest BCUT2D eigenvalue weighted by molar-refractivity contribution is 5.96. The molecule has 302 valence electrons. The summed E-state index contributed by atoms with van der Waals surface area (Å²) >= 11 is 0. The molecule has 0 spiro atoms. The normalized spacial score (nSPS) is 21.3. The van der Waals surface area contributed by atoms with Crippen LogP contribution in [0.15, 0.2) is 48.5 Å². The summed E-state index contributed by atoms with van der Waals surface area (Å²) in [6, 6.07) is 16.1. The Kier molecular flexibility index (Phi) is 20.3. The number of carbonyl (C=O) groups excluding carboxylic acids is 3. The lowest BCUT2D eigenvalue weighted by Crippen LogP contribution is -2.34. The number of hydrogen-bond donors (Lipinski definition) is 5. The molecule has 1 fully saturated rings. The summed E-state index contributed by atoms with van der Waals surface area (Å²) in [5.41, 5.74) is 22.6. The third kappa shape index (κ3) is 17.3.